The van der Waals surface area contributed by atoms with E-state index in [4.69, 9.17) is 6.42 Å². The Labute approximate surface area is 135 Å². The van der Waals surface area contributed by atoms with Gasteiger partial charge < -0.3 is 9.88 Å². The van der Waals surface area contributed by atoms with Crippen molar-refractivity contribution in [3.05, 3.63) is 30.6 Å². The minimum atomic E-state index is -0.333. The number of nitrogens with one attached hydrogen (secondary N) is 1. The van der Waals surface area contributed by atoms with E-state index in [1.165, 1.54) is 0 Å². The number of nitrogens with zero attached hydrogens (tertiary/aromatic N) is 4. The molecule has 0 aromatic carbocycles. The normalized spacial score (nSPS) is 14.6. The Balaban J connectivity index is 1.41. The van der Waals surface area contributed by atoms with E-state index in [-0.39, 0.29) is 11.6 Å². The number of pyridine rings is 1. The number of rotatable bonds is 8. The highest BCUT2D eigenvalue weighted by Crippen LogP contribution is 2.35. The summed E-state index contributed by atoms with van der Waals surface area (Å²) in [6, 6.07) is 5.92. The van der Waals surface area contributed by atoms with Gasteiger partial charge in [-0.1, -0.05) is 0 Å². The molecule has 6 heteroatoms. The van der Waals surface area contributed by atoms with Crippen molar-refractivity contribution in [1.82, 2.24) is 14.9 Å². The molecule has 0 unspecified atom stereocenters. The van der Waals surface area contributed by atoms with Crippen molar-refractivity contribution >= 4 is 16.9 Å². The van der Waals surface area contributed by atoms with Gasteiger partial charge in [0.2, 0.25) is 5.91 Å². The molecule has 1 aliphatic heterocycles. The molecule has 2 aromatic rings. The second kappa shape index (κ2) is 6.61. The van der Waals surface area contributed by atoms with Crippen molar-refractivity contribution in [2.45, 2.75) is 37.9 Å². The largest absolute Gasteiger partial charge is 0.356 e. The molecule has 0 atom stereocenters. The second-order valence-corrected chi connectivity index (χ2v) is 5.66. The molecule has 1 N–H and O–H groups in total. The van der Waals surface area contributed by atoms with E-state index in [2.05, 4.69) is 26.4 Å². The fraction of sp³-hybridized carbons (Fsp3) is 0.412. The first-order valence-corrected chi connectivity index (χ1v) is 7.76. The molecule has 1 amide bonds. The number of aromatic nitrogens is 2. The summed E-state index contributed by atoms with van der Waals surface area (Å²) in [5.41, 5.74) is 0.573. The Kier molecular flexibility index (Phi) is 4.38. The number of aryl methyl sites for hydroxylation is 1. The highest BCUT2D eigenvalue weighted by atomic mass is 16.1. The average molecular weight is 309 g/mol. The third kappa shape index (κ3) is 3.75. The van der Waals surface area contributed by atoms with Gasteiger partial charge in [0.1, 0.15) is 5.65 Å². The molecule has 0 saturated carbocycles. The van der Waals surface area contributed by atoms with Gasteiger partial charge in [-0.15, -0.1) is 12.3 Å². The average Bonchev–Trinajstić information content (AvgIpc) is 3.22. The molecule has 3 rings (SSSR count). The zero-order valence-electron chi connectivity index (χ0n) is 12.9. The summed E-state index contributed by atoms with van der Waals surface area (Å²) in [5, 5.41) is 12.1. The van der Waals surface area contributed by atoms with Crippen LogP contribution in [-0.2, 0) is 11.3 Å². The number of hydrogen-bond donors (Lipinski definition) is 1. The highest BCUT2D eigenvalue weighted by Gasteiger charge is 2.38. The predicted octanol–water partition coefficient (Wildman–Crippen LogP) is 2.51. The summed E-state index contributed by atoms with van der Waals surface area (Å²) < 4.78 is 1.99. The molecule has 3 heterocycles. The third-order valence-corrected chi connectivity index (χ3v) is 4.00. The number of carbonyl (C=O) groups is 1. The molecule has 23 heavy (non-hydrogen) atoms. The Morgan fingerprint density at radius 3 is 3.00 bits per heavy atom. The van der Waals surface area contributed by atoms with Crippen molar-refractivity contribution in [3.63, 3.8) is 0 Å². The van der Waals surface area contributed by atoms with Gasteiger partial charge in [0.05, 0.1) is 0 Å². The summed E-state index contributed by atoms with van der Waals surface area (Å²) in [6.45, 7) is 1.18. The molecule has 0 radical (unpaired) electrons. The molecule has 0 bridgehead atoms. The van der Waals surface area contributed by atoms with E-state index in [1.807, 2.05) is 29.0 Å². The van der Waals surface area contributed by atoms with Crippen LogP contribution in [0.2, 0.25) is 0 Å². The molecule has 0 aliphatic carbocycles. The van der Waals surface area contributed by atoms with Gasteiger partial charge in [-0.3, -0.25) is 4.79 Å². The van der Waals surface area contributed by atoms with Crippen molar-refractivity contribution in [2.75, 3.05) is 6.54 Å². The van der Waals surface area contributed by atoms with Crippen LogP contribution >= 0.6 is 0 Å². The SMILES string of the molecule is C#CCCC1(CCNC(=O)CCn2ccc3cccnc32)N=N1. The smallest absolute Gasteiger partial charge is 0.221 e. The Morgan fingerprint density at radius 1 is 1.35 bits per heavy atom. The maximum Gasteiger partial charge on any atom is 0.221 e. The van der Waals surface area contributed by atoms with Gasteiger partial charge in [-0.25, -0.2) is 4.98 Å². The van der Waals surface area contributed by atoms with Crippen LogP contribution < -0.4 is 5.32 Å². The van der Waals surface area contributed by atoms with Crippen molar-refractivity contribution in [1.29, 1.82) is 0 Å². The molecule has 0 spiro atoms. The van der Waals surface area contributed by atoms with E-state index in [0.29, 0.717) is 32.4 Å². The van der Waals surface area contributed by atoms with E-state index in [0.717, 1.165) is 17.5 Å². The third-order valence-electron chi connectivity index (χ3n) is 4.00. The van der Waals surface area contributed by atoms with Crippen molar-refractivity contribution < 1.29 is 4.79 Å². The number of carbonyl (C=O) groups excluding carboxylic acids is 1. The maximum atomic E-state index is 12.0. The van der Waals surface area contributed by atoms with Crippen LogP contribution in [0, 0.1) is 12.3 Å². The van der Waals surface area contributed by atoms with Gasteiger partial charge in [-0.2, -0.15) is 10.2 Å². The van der Waals surface area contributed by atoms with Crippen molar-refractivity contribution in [2.24, 2.45) is 10.2 Å². The van der Waals surface area contributed by atoms with E-state index in [9.17, 15) is 4.79 Å². The van der Waals surface area contributed by atoms with Crippen LogP contribution in [0.3, 0.4) is 0 Å². The van der Waals surface area contributed by atoms with Gasteiger partial charge >= 0.3 is 0 Å². The summed E-state index contributed by atoms with van der Waals surface area (Å²) >= 11 is 0. The topological polar surface area (TPSA) is 71.6 Å². The molecular formula is C17H19N5O. The number of fused-ring (bicyclic) bond motifs is 1. The zero-order valence-corrected chi connectivity index (χ0v) is 12.9. The summed E-state index contributed by atoms with van der Waals surface area (Å²) in [4.78, 5) is 16.3. The highest BCUT2D eigenvalue weighted by molar-refractivity contribution is 5.77. The molecule has 6 nitrogen and oxygen atoms in total. The summed E-state index contributed by atoms with van der Waals surface area (Å²) in [7, 11) is 0. The van der Waals surface area contributed by atoms with Crippen LogP contribution in [-0.4, -0.2) is 27.7 Å². The minimum absolute atomic E-state index is 0.0236. The Bertz CT molecular complexity index is 765. The lowest BCUT2D eigenvalue weighted by Crippen LogP contribution is -2.28. The van der Waals surface area contributed by atoms with Gasteiger partial charge in [-0.05, 0) is 18.2 Å². The molecule has 0 fully saturated rings. The Hall–Kier alpha value is -2.68. The second-order valence-electron chi connectivity index (χ2n) is 5.66. The monoisotopic (exact) mass is 309 g/mol. The summed E-state index contributed by atoms with van der Waals surface area (Å²) in [6.07, 6.45) is 11.5. The molecular weight excluding hydrogens is 290 g/mol. The number of amides is 1. The maximum absolute atomic E-state index is 12.0. The molecule has 2 aromatic heterocycles. The van der Waals surface area contributed by atoms with E-state index >= 15 is 0 Å². The standard InChI is InChI=1S/C17H19N5O/c1-2-3-8-17(20-21-17)9-11-18-15(23)7-13-22-12-6-14-5-4-10-19-16(14)22/h1,4-6,10,12H,3,7-9,11,13H2,(H,18,23). The zero-order chi connectivity index (χ0) is 16.1. The van der Waals surface area contributed by atoms with E-state index < -0.39 is 0 Å². The number of terminal acetylenes is 1. The quantitative estimate of drug-likeness (QED) is 0.761. The summed E-state index contributed by atoms with van der Waals surface area (Å²) in [5.74, 6) is 2.62. The predicted molar refractivity (Wildman–Crippen MR) is 87.6 cm³/mol. The van der Waals surface area contributed by atoms with Gasteiger partial charge in [0.15, 0.2) is 5.66 Å². The Morgan fingerprint density at radius 2 is 2.22 bits per heavy atom. The van der Waals surface area contributed by atoms with E-state index in [1.54, 1.807) is 6.20 Å². The van der Waals surface area contributed by atoms with Gasteiger partial charge in [0.25, 0.3) is 0 Å². The lowest BCUT2D eigenvalue weighted by Gasteiger charge is -2.10. The van der Waals surface area contributed by atoms with Crippen LogP contribution in [0.5, 0.6) is 0 Å². The van der Waals surface area contributed by atoms with Crippen LogP contribution in [0.4, 0.5) is 0 Å². The lowest BCUT2D eigenvalue weighted by molar-refractivity contribution is -0.121. The van der Waals surface area contributed by atoms with Gasteiger partial charge in [0, 0.05) is 56.6 Å². The van der Waals surface area contributed by atoms with Crippen LogP contribution in [0.1, 0.15) is 25.7 Å². The first-order chi connectivity index (χ1) is 11.2. The first-order valence-electron chi connectivity index (χ1n) is 7.76. The molecule has 1 aliphatic rings. The fourth-order valence-electron chi connectivity index (χ4n) is 2.58. The minimum Gasteiger partial charge on any atom is -0.356 e. The van der Waals surface area contributed by atoms with Crippen LogP contribution in [0.25, 0.3) is 11.0 Å². The number of hydrogen-bond acceptors (Lipinski definition) is 4. The lowest BCUT2D eigenvalue weighted by atomic mass is 10.0. The fourth-order valence-corrected chi connectivity index (χ4v) is 2.58. The van der Waals surface area contributed by atoms with Crippen LogP contribution in [0.15, 0.2) is 40.8 Å². The first kappa shape index (κ1) is 15.2. The molecule has 0 saturated heterocycles. The molecule has 118 valence electrons. The van der Waals surface area contributed by atoms with Crippen molar-refractivity contribution in [3.8, 4) is 12.3 Å².